The van der Waals surface area contributed by atoms with Gasteiger partial charge in [-0.25, -0.2) is 8.78 Å². The third kappa shape index (κ3) is 3.33. The lowest BCUT2D eigenvalue weighted by molar-refractivity contribution is -0.119. The summed E-state index contributed by atoms with van der Waals surface area (Å²) in [5, 5.41) is 13.3. The maximum Gasteiger partial charge on any atom is 0.244 e. The van der Waals surface area contributed by atoms with E-state index in [1.165, 1.54) is 18.2 Å². The predicted molar refractivity (Wildman–Crippen MR) is 101 cm³/mol. The van der Waals surface area contributed by atoms with Crippen LogP contribution in [-0.2, 0) is 4.79 Å². The number of rotatable bonds is 5. The molecule has 0 atom stereocenters. The van der Waals surface area contributed by atoms with Crippen molar-refractivity contribution in [1.29, 1.82) is 0 Å². The number of carbonyl (C=O) groups excluding carboxylic acids is 1. The van der Waals surface area contributed by atoms with E-state index in [9.17, 15) is 13.6 Å². The van der Waals surface area contributed by atoms with Crippen LogP contribution in [0.2, 0.25) is 0 Å². The van der Waals surface area contributed by atoms with E-state index in [0.717, 1.165) is 12.8 Å². The van der Waals surface area contributed by atoms with Gasteiger partial charge in [-0.05, 0) is 49.7 Å². The average molecular weight is 368 g/mol. The van der Waals surface area contributed by atoms with Gasteiger partial charge in [0.2, 0.25) is 5.91 Å². The summed E-state index contributed by atoms with van der Waals surface area (Å²) in [6, 6.07) is 9.03. The number of aromatic amines is 1. The number of nitrogens with one attached hydrogen (secondary N) is 3. The van der Waals surface area contributed by atoms with Gasteiger partial charge in [-0.1, -0.05) is 18.2 Å². The van der Waals surface area contributed by atoms with Gasteiger partial charge >= 0.3 is 0 Å². The van der Waals surface area contributed by atoms with E-state index in [1.807, 2.05) is 0 Å². The SMILES string of the molecule is CNC1(C(=O)Nc2cc3c(C=Cc4cccc(F)c4)n[nH]c3cc2F)CC1. The average Bonchev–Trinajstić information content (AvgIpc) is 3.37. The van der Waals surface area contributed by atoms with E-state index in [-0.39, 0.29) is 17.4 Å². The van der Waals surface area contributed by atoms with Crippen molar-refractivity contribution >= 4 is 34.6 Å². The third-order valence-electron chi connectivity index (χ3n) is 4.87. The molecule has 27 heavy (non-hydrogen) atoms. The van der Waals surface area contributed by atoms with Gasteiger partial charge in [-0.15, -0.1) is 0 Å². The first-order valence-corrected chi connectivity index (χ1v) is 8.62. The van der Waals surface area contributed by atoms with Crippen LogP contribution in [0.4, 0.5) is 14.5 Å². The standard InChI is InChI=1S/C20H18F2N4O/c1-23-20(7-8-20)19(27)24-18-10-14-16(25-26-17(14)11-15(18)22)6-5-12-3-2-4-13(21)9-12/h2-6,9-11,23H,7-8H2,1H3,(H,24,27)(H,25,26). The topological polar surface area (TPSA) is 69.8 Å². The molecule has 1 aliphatic rings. The van der Waals surface area contributed by atoms with Gasteiger partial charge in [0, 0.05) is 11.5 Å². The number of halogens is 2. The Labute approximate surface area is 154 Å². The second-order valence-corrected chi connectivity index (χ2v) is 6.66. The summed E-state index contributed by atoms with van der Waals surface area (Å²) >= 11 is 0. The summed E-state index contributed by atoms with van der Waals surface area (Å²) in [5.41, 5.74) is 1.28. The van der Waals surface area contributed by atoms with Crippen molar-refractivity contribution in [2.45, 2.75) is 18.4 Å². The van der Waals surface area contributed by atoms with Crippen LogP contribution in [0.3, 0.4) is 0 Å². The van der Waals surface area contributed by atoms with Gasteiger partial charge in [0.25, 0.3) is 0 Å². The minimum atomic E-state index is -0.599. The lowest BCUT2D eigenvalue weighted by atomic mass is 10.1. The highest BCUT2D eigenvalue weighted by molar-refractivity contribution is 6.02. The molecule has 7 heteroatoms. The van der Waals surface area contributed by atoms with E-state index in [4.69, 9.17) is 0 Å². The van der Waals surface area contributed by atoms with E-state index in [2.05, 4.69) is 20.8 Å². The highest BCUT2D eigenvalue weighted by Gasteiger charge is 2.48. The van der Waals surface area contributed by atoms with Crippen molar-refractivity contribution in [1.82, 2.24) is 15.5 Å². The van der Waals surface area contributed by atoms with Crippen molar-refractivity contribution in [3.63, 3.8) is 0 Å². The van der Waals surface area contributed by atoms with E-state index >= 15 is 0 Å². The van der Waals surface area contributed by atoms with Gasteiger partial charge in [-0.3, -0.25) is 9.89 Å². The highest BCUT2D eigenvalue weighted by atomic mass is 19.1. The van der Waals surface area contributed by atoms with Crippen molar-refractivity contribution < 1.29 is 13.6 Å². The predicted octanol–water partition coefficient (Wildman–Crippen LogP) is 3.70. The van der Waals surface area contributed by atoms with Crippen LogP contribution in [0.25, 0.3) is 23.1 Å². The molecule has 1 saturated carbocycles. The first-order valence-electron chi connectivity index (χ1n) is 8.62. The van der Waals surface area contributed by atoms with Crippen LogP contribution in [0.1, 0.15) is 24.1 Å². The van der Waals surface area contributed by atoms with Crippen molar-refractivity contribution in [2.75, 3.05) is 12.4 Å². The lowest BCUT2D eigenvalue weighted by Gasteiger charge is -2.14. The number of amides is 1. The number of hydrogen-bond acceptors (Lipinski definition) is 3. The molecule has 0 spiro atoms. The maximum atomic E-state index is 14.4. The molecule has 1 aromatic heterocycles. The van der Waals surface area contributed by atoms with Crippen LogP contribution in [0, 0.1) is 11.6 Å². The van der Waals surface area contributed by atoms with E-state index in [1.54, 1.807) is 37.4 Å². The Kier molecular flexibility index (Phi) is 4.24. The second kappa shape index (κ2) is 6.59. The molecule has 0 radical (unpaired) electrons. The van der Waals surface area contributed by atoms with Gasteiger partial charge in [0.1, 0.15) is 11.6 Å². The number of likely N-dealkylation sites (N-methyl/N-ethyl adjacent to an activating group) is 1. The number of fused-ring (bicyclic) bond motifs is 1. The minimum Gasteiger partial charge on any atom is -0.322 e. The molecular weight excluding hydrogens is 350 g/mol. The van der Waals surface area contributed by atoms with Crippen molar-refractivity contribution in [2.24, 2.45) is 0 Å². The Morgan fingerprint density at radius 3 is 2.74 bits per heavy atom. The minimum absolute atomic E-state index is 0.107. The molecule has 1 fully saturated rings. The molecule has 1 amide bonds. The van der Waals surface area contributed by atoms with Crippen LogP contribution in [-0.4, -0.2) is 28.7 Å². The third-order valence-corrected chi connectivity index (χ3v) is 4.87. The molecule has 0 saturated heterocycles. The highest BCUT2D eigenvalue weighted by Crippen LogP contribution is 2.36. The van der Waals surface area contributed by atoms with Gasteiger partial charge in [0.05, 0.1) is 22.4 Å². The zero-order chi connectivity index (χ0) is 19.0. The summed E-state index contributed by atoms with van der Waals surface area (Å²) in [7, 11) is 1.72. The van der Waals surface area contributed by atoms with Crippen LogP contribution < -0.4 is 10.6 Å². The van der Waals surface area contributed by atoms with Crippen LogP contribution in [0.5, 0.6) is 0 Å². The zero-order valence-corrected chi connectivity index (χ0v) is 14.6. The Balaban J connectivity index is 1.64. The normalized spacial score (nSPS) is 15.4. The molecule has 5 nitrogen and oxygen atoms in total. The zero-order valence-electron chi connectivity index (χ0n) is 14.6. The molecule has 0 unspecified atom stereocenters. The number of carbonyl (C=O) groups is 1. The van der Waals surface area contributed by atoms with Gasteiger partial charge < -0.3 is 10.6 Å². The summed E-state index contributed by atoms with van der Waals surface area (Å²) in [4.78, 5) is 12.4. The molecule has 4 rings (SSSR count). The van der Waals surface area contributed by atoms with E-state index < -0.39 is 11.4 Å². The Morgan fingerprint density at radius 2 is 2.04 bits per heavy atom. The fraction of sp³-hybridized carbons (Fsp3) is 0.200. The van der Waals surface area contributed by atoms with E-state index in [0.29, 0.717) is 22.2 Å². The maximum absolute atomic E-state index is 14.4. The molecule has 0 aliphatic heterocycles. The van der Waals surface area contributed by atoms with Crippen LogP contribution >= 0.6 is 0 Å². The summed E-state index contributed by atoms with van der Waals surface area (Å²) in [5.74, 6) is -1.11. The number of anilines is 1. The number of benzene rings is 2. The summed E-state index contributed by atoms with van der Waals surface area (Å²) in [6.45, 7) is 0. The van der Waals surface area contributed by atoms with Gasteiger partial charge in [-0.2, -0.15) is 5.10 Å². The smallest absolute Gasteiger partial charge is 0.244 e. The molecule has 138 valence electrons. The quantitative estimate of drug-likeness (QED) is 0.643. The number of H-pyrrole nitrogens is 1. The van der Waals surface area contributed by atoms with Gasteiger partial charge in [0.15, 0.2) is 0 Å². The van der Waals surface area contributed by atoms with Crippen molar-refractivity contribution in [3.8, 4) is 0 Å². The lowest BCUT2D eigenvalue weighted by Crippen LogP contribution is -2.40. The summed E-state index contributed by atoms with van der Waals surface area (Å²) < 4.78 is 27.6. The second-order valence-electron chi connectivity index (χ2n) is 6.66. The largest absolute Gasteiger partial charge is 0.322 e. The number of hydrogen-bond donors (Lipinski definition) is 3. The molecule has 2 aromatic carbocycles. The fourth-order valence-corrected chi connectivity index (χ4v) is 3.02. The molecule has 0 bridgehead atoms. The molecule has 3 aromatic rings. The molecular formula is C20H18F2N4O. The summed E-state index contributed by atoms with van der Waals surface area (Å²) in [6.07, 6.45) is 4.90. The van der Waals surface area contributed by atoms with Crippen LogP contribution in [0.15, 0.2) is 36.4 Å². The Hall–Kier alpha value is -3.06. The first kappa shape index (κ1) is 17.4. The number of aromatic nitrogens is 2. The molecule has 1 heterocycles. The van der Waals surface area contributed by atoms with Crippen molar-refractivity contribution in [3.05, 3.63) is 59.3 Å². The Morgan fingerprint density at radius 1 is 1.22 bits per heavy atom. The molecule has 1 aliphatic carbocycles. The number of nitrogens with zero attached hydrogens (tertiary/aromatic N) is 1. The first-order chi connectivity index (χ1) is 13.0. The Bertz CT molecular complexity index is 1050. The molecule has 3 N–H and O–H groups in total. The monoisotopic (exact) mass is 368 g/mol. The fourth-order valence-electron chi connectivity index (χ4n) is 3.02.